The molecule has 0 bridgehead atoms. The molecule has 1 aromatic carbocycles. The van der Waals surface area contributed by atoms with Gasteiger partial charge in [0.15, 0.2) is 0 Å². The van der Waals surface area contributed by atoms with Crippen LogP contribution in [0.25, 0.3) is 0 Å². The Kier molecular flexibility index (Phi) is 6.19. The first-order valence-corrected chi connectivity index (χ1v) is 6.71. The molecule has 106 valence electrons. The predicted molar refractivity (Wildman–Crippen MR) is 76.5 cm³/mol. The highest BCUT2D eigenvalue weighted by Crippen LogP contribution is 2.20. The van der Waals surface area contributed by atoms with Gasteiger partial charge in [0.1, 0.15) is 11.8 Å². The third-order valence-electron chi connectivity index (χ3n) is 2.98. The van der Waals surface area contributed by atoms with Crippen molar-refractivity contribution in [3.63, 3.8) is 0 Å². The molecule has 0 heterocycles. The van der Waals surface area contributed by atoms with E-state index in [0.29, 0.717) is 6.42 Å². The molecule has 1 aromatic rings. The van der Waals surface area contributed by atoms with Crippen LogP contribution in [0.4, 0.5) is 5.69 Å². The molecule has 19 heavy (non-hydrogen) atoms. The molecule has 0 fully saturated rings. The van der Waals surface area contributed by atoms with Crippen LogP contribution >= 0.6 is 0 Å². The van der Waals surface area contributed by atoms with E-state index in [9.17, 15) is 4.79 Å². The first-order valence-electron chi connectivity index (χ1n) is 6.71. The molecule has 4 nitrogen and oxygen atoms in total. The van der Waals surface area contributed by atoms with E-state index in [2.05, 4.69) is 12.2 Å². The monoisotopic (exact) mass is 265 g/mol. The number of ether oxygens (including phenoxy) is 2. The molecule has 0 aliphatic heterocycles. The Balaban J connectivity index is 2.73. The maximum Gasteiger partial charge on any atom is 0.328 e. The number of carbonyl (C=O) groups excluding carboxylic acids is 1. The van der Waals surface area contributed by atoms with Crippen molar-refractivity contribution in [2.24, 2.45) is 0 Å². The van der Waals surface area contributed by atoms with Crippen LogP contribution in [-0.4, -0.2) is 25.2 Å². The molecular formula is C15H23NO3. The Bertz CT molecular complexity index is 406. The number of benzene rings is 1. The van der Waals surface area contributed by atoms with Crippen LogP contribution in [0.2, 0.25) is 0 Å². The number of esters is 1. The minimum atomic E-state index is -0.330. The van der Waals surface area contributed by atoms with Gasteiger partial charge in [-0.1, -0.05) is 19.9 Å². The van der Waals surface area contributed by atoms with Crippen LogP contribution in [-0.2, 0) is 9.53 Å². The molecule has 1 rings (SSSR count). The second-order valence-electron chi connectivity index (χ2n) is 4.49. The SMILES string of the molecule is CCC(C)Oc1cccc(NC(CC)C(=O)OC)c1. The predicted octanol–water partition coefficient (Wildman–Crippen LogP) is 3.23. The third-order valence-corrected chi connectivity index (χ3v) is 2.98. The van der Waals surface area contributed by atoms with E-state index >= 15 is 0 Å². The summed E-state index contributed by atoms with van der Waals surface area (Å²) < 4.78 is 10.5. The normalized spacial score (nSPS) is 13.5. The van der Waals surface area contributed by atoms with Crippen LogP contribution < -0.4 is 10.1 Å². The Morgan fingerprint density at radius 2 is 2.05 bits per heavy atom. The summed E-state index contributed by atoms with van der Waals surface area (Å²) in [6.45, 7) is 6.05. The lowest BCUT2D eigenvalue weighted by atomic mass is 10.2. The van der Waals surface area contributed by atoms with Crippen LogP contribution in [0.5, 0.6) is 5.75 Å². The molecular weight excluding hydrogens is 242 g/mol. The van der Waals surface area contributed by atoms with Gasteiger partial charge in [0.25, 0.3) is 0 Å². The highest BCUT2D eigenvalue weighted by Gasteiger charge is 2.16. The third kappa shape index (κ3) is 4.81. The number of carbonyl (C=O) groups is 1. The van der Waals surface area contributed by atoms with E-state index < -0.39 is 0 Å². The maximum atomic E-state index is 11.5. The Morgan fingerprint density at radius 1 is 1.32 bits per heavy atom. The summed E-state index contributed by atoms with van der Waals surface area (Å²) in [7, 11) is 1.40. The van der Waals surface area contributed by atoms with Gasteiger partial charge in [-0.2, -0.15) is 0 Å². The van der Waals surface area contributed by atoms with Gasteiger partial charge < -0.3 is 14.8 Å². The van der Waals surface area contributed by atoms with E-state index in [1.165, 1.54) is 7.11 Å². The van der Waals surface area contributed by atoms with Gasteiger partial charge in [0, 0.05) is 11.8 Å². The standard InChI is InChI=1S/C15H23NO3/c1-5-11(3)19-13-9-7-8-12(10-13)16-14(6-2)15(17)18-4/h7-11,14,16H,5-6H2,1-4H3. The molecule has 0 saturated carbocycles. The lowest BCUT2D eigenvalue weighted by Crippen LogP contribution is -2.29. The summed E-state index contributed by atoms with van der Waals surface area (Å²) in [5.74, 6) is 0.551. The molecule has 2 atom stereocenters. The summed E-state index contributed by atoms with van der Waals surface area (Å²) in [6.07, 6.45) is 1.80. The lowest BCUT2D eigenvalue weighted by Gasteiger charge is -2.17. The van der Waals surface area contributed by atoms with Gasteiger partial charge in [0.2, 0.25) is 0 Å². The van der Waals surface area contributed by atoms with E-state index in [4.69, 9.17) is 9.47 Å². The summed E-state index contributed by atoms with van der Waals surface area (Å²) in [5, 5.41) is 3.16. The molecule has 0 amide bonds. The first kappa shape index (κ1) is 15.3. The largest absolute Gasteiger partial charge is 0.491 e. The maximum absolute atomic E-state index is 11.5. The van der Waals surface area contributed by atoms with Crippen molar-refractivity contribution >= 4 is 11.7 Å². The van der Waals surface area contributed by atoms with Gasteiger partial charge >= 0.3 is 5.97 Å². The summed E-state index contributed by atoms with van der Waals surface area (Å²) in [5.41, 5.74) is 0.859. The second-order valence-corrected chi connectivity index (χ2v) is 4.49. The first-order chi connectivity index (χ1) is 9.10. The molecule has 2 unspecified atom stereocenters. The van der Waals surface area contributed by atoms with Gasteiger partial charge in [-0.05, 0) is 31.9 Å². The molecule has 0 aliphatic carbocycles. The molecule has 1 N–H and O–H groups in total. The van der Waals surface area contributed by atoms with Gasteiger partial charge in [0.05, 0.1) is 13.2 Å². The number of methoxy groups -OCH3 is 1. The van der Waals surface area contributed by atoms with Gasteiger partial charge in [-0.25, -0.2) is 4.79 Å². The van der Waals surface area contributed by atoms with Crippen molar-refractivity contribution in [1.82, 2.24) is 0 Å². The van der Waals surface area contributed by atoms with E-state index in [1.807, 2.05) is 38.1 Å². The molecule has 0 spiro atoms. The molecule has 0 saturated heterocycles. The second kappa shape index (κ2) is 7.67. The number of anilines is 1. The van der Waals surface area contributed by atoms with Crippen molar-refractivity contribution in [1.29, 1.82) is 0 Å². The minimum Gasteiger partial charge on any atom is -0.491 e. The van der Waals surface area contributed by atoms with Gasteiger partial charge in [-0.3, -0.25) is 0 Å². The van der Waals surface area contributed by atoms with Crippen molar-refractivity contribution < 1.29 is 14.3 Å². The van der Waals surface area contributed by atoms with E-state index in [-0.39, 0.29) is 18.1 Å². The fourth-order valence-electron chi connectivity index (χ4n) is 1.65. The zero-order chi connectivity index (χ0) is 14.3. The molecule has 0 aliphatic rings. The van der Waals surface area contributed by atoms with Crippen molar-refractivity contribution in [3.8, 4) is 5.75 Å². The Morgan fingerprint density at radius 3 is 2.63 bits per heavy atom. The summed E-state index contributed by atoms with van der Waals surface area (Å²) in [6, 6.07) is 7.30. The highest BCUT2D eigenvalue weighted by atomic mass is 16.5. The van der Waals surface area contributed by atoms with E-state index in [1.54, 1.807) is 0 Å². The van der Waals surface area contributed by atoms with Crippen molar-refractivity contribution in [2.75, 3.05) is 12.4 Å². The Labute approximate surface area is 115 Å². The lowest BCUT2D eigenvalue weighted by molar-refractivity contribution is -0.141. The average Bonchev–Trinajstić information content (AvgIpc) is 2.44. The fourth-order valence-corrected chi connectivity index (χ4v) is 1.65. The molecule has 0 aromatic heterocycles. The molecule has 4 heteroatoms. The zero-order valence-corrected chi connectivity index (χ0v) is 12.1. The van der Waals surface area contributed by atoms with Crippen molar-refractivity contribution in [3.05, 3.63) is 24.3 Å². The number of nitrogens with one attached hydrogen (secondary N) is 1. The zero-order valence-electron chi connectivity index (χ0n) is 12.1. The van der Waals surface area contributed by atoms with Gasteiger partial charge in [-0.15, -0.1) is 0 Å². The fraction of sp³-hybridized carbons (Fsp3) is 0.533. The number of hydrogen-bond acceptors (Lipinski definition) is 4. The topological polar surface area (TPSA) is 47.6 Å². The Hall–Kier alpha value is -1.71. The number of rotatable bonds is 7. The van der Waals surface area contributed by atoms with Crippen LogP contribution in [0.15, 0.2) is 24.3 Å². The van der Waals surface area contributed by atoms with Crippen LogP contribution in [0.3, 0.4) is 0 Å². The number of hydrogen-bond donors (Lipinski definition) is 1. The van der Waals surface area contributed by atoms with E-state index in [0.717, 1.165) is 17.9 Å². The minimum absolute atomic E-state index is 0.179. The quantitative estimate of drug-likeness (QED) is 0.769. The highest BCUT2D eigenvalue weighted by molar-refractivity contribution is 5.79. The summed E-state index contributed by atoms with van der Waals surface area (Å²) >= 11 is 0. The molecule has 0 radical (unpaired) electrons. The smallest absolute Gasteiger partial charge is 0.328 e. The van der Waals surface area contributed by atoms with Crippen molar-refractivity contribution in [2.45, 2.75) is 45.8 Å². The van der Waals surface area contributed by atoms with Crippen LogP contribution in [0.1, 0.15) is 33.6 Å². The van der Waals surface area contributed by atoms with Crippen LogP contribution in [0, 0.1) is 0 Å². The average molecular weight is 265 g/mol. The summed E-state index contributed by atoms with van der Waals surface area (Å²) in [4.78, 5) is 11.5.